The minimum Gasteiger partial charge on any atom is -0.373 e. The molecule has 0 saturated carbocycles. The fourth-order valence-electron chi connectivity index (χ4n) is 2.07. The van der Waals surface area contributed by atoms with Crippen molar-refractivity contribution in [2.24, 2.45) is 0 Å². The average Bonchev–Trinajstić information content (AvgIpc) is 2.36. The molecule has 1 heterocycles. The molecule has 0 amide bonds. The molecule has 0 fully saturated rings. The van der Waals surface area contributed by atoms with Crippen molar-refractivity contribution in [1.29, 1.82) is 0 Å². The molecule has 0 spiro atoms. The van der Waals surface area contributed by atoms with Crippen LogP contribution in [0.2, 0.25) is 0 Å². The van der Waals surface area contributed by atoms with Gasteiger partial charge in [0.1, 0.15) is 17.5 Å². The Balaban J connectivity index is 2.40. The first-order valence-electron chi connectivity index (χ1n) is 6.38. The lowest BCUT2D eigenvalue weighted by molar-refractivity contribution is 1.03. The minimum atomic E-state index is 0.752. The van der Waals surface area contributed by atoms with Gasteiger partial charge in [0, 0.05) is 18.3 Å². The Bertz CT molecular complexity index is 605. The van der Waals surface area contributed by atoms with Gasteiger partial charge in [-0.1, -0.05) is 17.7 Å². The molecule has 1 aromatic carbocycles. The Kier molecular flexibility index (Phi) is 3.69. The Labute approximate surface area is 114 Å². The Morgan fingerprint density at radius 1 is 0.947 bits per heavy atom. The summed E-state index contributed by atoms with van der Waals surface area (Å²) >= 11 is 0. The van der Waals surface area contributed by atoms with Gasteiger partial charge in [-0.25, -0.2) is 9.97 Å². The first kappa shape index (κ1) is 13.3. The number of nitrogens with zero attached hydrogens (tertiary/aromatic N) is 2. The average molecular weight is 256 g/mol. The second-order valence-corrected chi connectivity index (χ2v) is 4.79. The predicted molar refractivity (Wildman–Crippen MR) is 80.3 cm³/mol. The summed E-state index contributed by atoms with van der Waals surface area (Å²) < 4.78 is 0. The third kappa shape index (κ3) is 2.84. The number of hydrogen-bond donors (Lipinski definition) is 2. The molecule has 0 unspecified atom stereocenters. The molecular weight excluding hydrogens is 236 g/mol. The van der Waals surface area contributed by atoms with Crippen molar-refractivity contribution >= 4 is 17.3 Å². The molecule has 0 atom stereocenters. The fraction of sp³-hybridized carbons (Fsp3) is 0.333. The molecule has 4 heteroatoms. The number of hydrogen-bond acceptors (Lipinski definition) is 4. The molecule has 0 aliphatic carbocycles. The lowest BCUT2D eigenvalue weighted by Crippen LogP contribution is -2.05. The zero-order valence-electron chi connectivity index (χ0n) is 12.1. The van der Waals surface area contributed by atoms with E-state index in [1.807, 2.05) is 20.9 Å². The van der Waals surface area contributed by atoms with Crippen LogP contribution in [-0.2, 0) is 0 Å². The van der Waals surface area contributed by atoms with E-state index in [1.54, 1.807) is 0 Å². The smallest absolute Gasteiger partial charge is 0.139 e. The van der Waals surface area contributed by atoms with Gasteiger partial charge in [-0.2, -0.15) is 0 Å². The molecule has 2 rings (SSSR count). The molecule has 19 heavy (non-hydrogen) atoms. The van der Waals surface area contributed by atoms with Gasteiger partial charge < -0.3 is 10.6 Å². The molecule has 100 valence electrons. The Morgan fingerprint density at radius 3 is 2.26 bits per heavy atom. The molecule has 2 N–H and O–H groups in total. The van der Waals surface area contributed by atoms with Crippen molar-refractivity contribution < 1.29 is 0 Å². The highest BCUT2D eigenvalue weighted by atomic mass is 15.1. The van der Waals surface area contributed by atoms with Gasteiger partial charge in [0.15, 0.2) is 0 Å². The molecule has 0 aliphatic heterocycles. The number of anilines is 3. The normalized spacial score (nSPS) is 10.4. The van der Waals surface area contributed by atoms with E-state index < -0.39 is 0 Å². The Hall–Kier alpha value is -2.10. The van der Waals surface area contributed by atoms with E-state index in [4.69, 9.17) is 0 Å². The quantitative estimate of drug-likeness (QED) is 0.882. The van der Waals surface area contributed by atoms with Crippen molar-refractivity contribution in [2.45, 2.75) is 27.7 Å². The lowest BCUT2D eigenvalue weighted by atomic mass is 10.1. The van der Waals surface area contributed by atoms with Crippen LogP contribution in [0.3, 0.4) is 0 Å². The highest BCUT2D eigenvalue weighted by molar-refractivity contribution is 5.67. The first-order chi connectivity index (χ1) is 9.01. The van der Waals surface area contributed by atoms with Gasteiger partial charge in [0.2, 0.25) is 0 Å². The van der Waals surface area contributed by atoms with Crippen LogP contribution in [0.25, 0.3) is 0 Å². The maximum absolute atomic E-state index is 4.48. The van der Waals surface area contributed by atoms with Gasteiger partial charge in [-0.3, -0.25) is 0 Å². The number of benzene rings is 1. The van der Waals surface area contributed by atoms with Crippen LogP contribution in [0, 0.1) is 27.7 Å². The summed E-state index contributed by atoms with van der Waals surface area (Å²) in [5, 5.41) is 6.49. The summed E-state index contributed by atoms with van der Waals surface area (Å²) in [7, 11) is 1.87. The van der Waals surface area contributed by atoms with Gasteiger partial charge in [0.05, 0.1) is 0 Å². The van der Waals surface area contributed by atoms with E-state index in [0.29, 0.717) is 0 Å². The van der Waals surface area contributed by atoms with Crippen molar-refractivity contribution in [3.8, 4) is 0 Å². The van der Waals surface area contributed by atoms with E-state index in [-0.39, 0.29) is 0 Å². The third-order valence-corrected chi connectivity index (χ3v) is 3.13. The summed E-state index contributed by atoms with van der Waals surface area (Å²) in [6, 6.07) is 6.34. The summed E-state index contributed by atoms with van der Waals surface area (Å²) in [4.78, 5) is 8.85. The van der Waals surface area contributed by atoms with Gasteiger partial charge in [-0.05, 0) is 39.3 Å². The maximum atomic E-state index is 4.48. The van der Waals surface area contributed by atoms with E-state index in [0.717, 1.165) is 28.7 Å². The molecule has 0 radical (unpaired) electrons. The molecule has 2 aromatic rings. The van der Waals surface area contributed by atoms with E-state index >= 15 is 0 Å². The van der Waals surface area contributed by atoms with Crippen molar-refractivity contribution in [1.82, 2.24) is 9.97 Å². The third-order valence-electron chi connectivity index (χ3n) is 3.13. The van der Waals surface area contributed by atoms with Crippen LogP contribution >= 0.6 is 0 Å². The summed E-state index contributed by atoms with van der Waals surface area (Å²) in [5.41, 5.74) is 4.57. The van der Waals surface area contributed by atoms with Crippen LogP contribution in [0.4, 0.5) is 17.3 Å². The molecule has 0 saturated heterocycles. The van der Waals surface area contributed by atoms with Crippen LogP contribution in [-0.4, -0.2) is 17.0 Å². The largest absolute Gasteiger partial charge is 0.373 e. The molecule has 1 aromatic heterocycles. The fourth-order valence-corrected chi connectivity index (χ4v) is 2.07. The lowest BCUT2D eigenvalue weighted by Gasteiger charge is -2.14. The molecular formula is C15H20N4. The minimum absolute atomic E-state index is 0.752. The van der Waals surface area contributed by atoms with Gasteiger partial charge >= 0.3 is 0 Å². The van der Waals surface area contributed by atoms with Crippen LogP contribution < -0.4 is 10.6 Å². The van der Waals surface area contributed by atoms with Gasteiger partial charge in [0.25, 0.3) is 0 Å². The zero-order chi connectivity index (χ0) is 14.0. The summed E-state index contributed by atoms with van der Waals surface area (Å²) in [5.74, 6) is 2.46. The summed E-state index contributed by atoms with van der Waals surface area (Å²) in [6.07, 6.45) is 0. The molecule has 0 aliphatic rings. The standard InChI is InChI=1S/C15H20N4/c1-9-6-7-13(10(2)8-9)19-15-11(3)14(16-5)17-12(4)18-15/h6-8H,1-5H3,(H2,16,17,18,19). The van der Waals surface area contributed by atoms with Crippen molar-refractivity contribution in [2.75, 3.05) is 17.7 Å². The highest BCUT2D eigenvalue weighted by Crippen LogP contribution is 2.25. The predicted octanol–water partition coefficient (Wildman–Crippen LogP) is 3.50. The van der Waals surface area contributed by atoms with Gasteiger partial charge in [-0.15, -0.1) is 0 Å². The monoisotopic (exact) mass is 256 g/mol. The van der Waals surface area contributed by atoms with E-state index in [1.165, 1.54) is 11.1 Å². The zero-order valence-corrected chi connectivity index (χ0v) is 12.1. The number of rotatable bonds is 3. The second kappa shape index (κ2) is 5.26. The highest BCUT2D eigenvalue weighted by Gasteiger charge is 2.09. The van der Waals surface area contributed by atoms with E-state index in [2.05, 4.69) is 52.6 Å². The van der Waals surface area contributed by atoms with E-state index in [9.17, 15) is 0 Å². The second-order valence-electron chi connectivity index (χ2n) is 4.79. The van der Waals surface area contributed by atoms with Crippen LogP contribution in [0.5, 0.6) is 0 Å². The number of aryl methyl sites for hydroxylation is 3. The SMILES string of the molecule is CNc1nc(C)nc(Nc2ccc(C)cc2C)c1C. The number of nitrogens with one attached hydrogen (secondary N) is 2. The Morgan fingerprint density at radius 2 is 1.63 bits per heavy atom. The first-order valence-corrected chi connectivity index (χ1v) is 6.38. The molecule has 0 bridgehead atoms. The maximum Gasteiger partial charge on any atom is 0.139 e. The van der Waals surface area contributed by atoms with Crippen LogP contribution in [0.1, 0.15) is 22.5 Å². The number of aromatic nitrogens is 2. The van der Waals surface area contributed by atoms with Crippen LogP contribution in [0.15, 0.2) is 18.2 Å². The summed E-state index contributed by atoms with van der Waals surface area (Å²) in [6.45, 7) is 8.10. The molecule has 4 nitrogen and oxygen atoms in total. The van der Waals surface area contributed by atoms with Crippen molar-refractivity contribution in [3.05, 3.63) is 40.7 Å². The van der Waals surface area contributed by atoms with Crippen molar-refractivity contribution in [3.63, 3.8) is 0 Å². The topological polar surface area (TPSA) is 49.8 Å².